The Morgan fingerprint density at radius 2 is 2.00 bits per heavy atom. The van der Waals surface area contributed by atoms with E-state index in [2.05, 4.69) is 31.5 Å². The molecular weight excluding hydrogens is 354 g/mol. The summed E-state index contributed by atoms with van der Waals surface area (Å²) in [6.45, 7) is 2.06. The quantitative estimate of drug-likeness (QED) is 0.851. The second-order valence-corrected chi connectivity index (χ2v) is 6.84. The first kappa shape index (κ1) is 15.7. The van der Waals surface area contributed by atoms with Crippen LogP contribution in [0.5, 0.6) is 0 Å². The van der Waals surface area contributed by atoms with Crippen molar-refractivity contribution in [2.45, 2.75) is 19.5 Å². The molecule has 2 rings (SSSR count). The average Bonchev–Trinajstić information content (AvgIpc) is 2.92. The standard InChI is InChI=1S/C14H14BrN3O2S/c1-9(18-14(20)11-2-3-12(15)21-11)13(19)17-8-10-4-6-16-7-5-10/h2-7,9H,8H2,1H3,(H,17,19)(H,18,20)/t9-/m0/s1. The molecule has 0 saturated heterocycles. The van der Waals surface area contributed by atoms with Gasteiger partial charge in [-0.05, 0) is 52.7 Å². The summed E-state index contributed by atoms with van der Waals surface area (Å²) in [5.74, 6) is -0.479. The van der Waals surface area contributed by atoms with Gasteiger partial charge in [0.2, 0.25) is 5.91 Å². The molecule has 0 spiro atoms. The summed E-state index contributed by atoms with van der Waals surface area (Å²) in [5, 5.41) is 5.45. The number of nitrogens with zero attached hydrogens (tertiary/aromatic N) is 1. The Bertz CT molecular complexity index is 630. The van der Waals surface area contributed by atoms with Gasteiger partial charge in [-0.1, -0.05) is 0 Å². The summed E-state index contributed by atoms with van der Waals surface area (Å²) in [4.78, 5) is 28.4. The van der Waals surface area contributed by atoms with Gasteiger partial charge in [0, 0.05) is 18.9 Å². The molecule has 0 aliphatic rings. The number of carbonyl (C=O) groups is 2. The van der Waals surface area contributed by atoms with Crippen molar-refractivity contribution in [3.05, 3.63) is 50.9 Å². The topological polar surface area (TPSA) is 71.1 Å². The van der Waals surface area contributed by atoms with Crippen LogP contribution in [0.3, 0.4) is 0 Å². The van der Waals surface area contributed by atoms with Crippen LogP contribution in [0.25, 0.3) is 0 Å². The van der Waals surface area contributed by atoms with Crippen LogP contribution in [0.1, 0.15) is 22.2 Å². The molecule has 0 saturated carbocycles. The SMILES string of the molecule is C[C@H](NC(=O)c1ccc(Br)s1)C(=O)NCc1ccncc1. The van der Waals surface area contributed by atoms with Crippen molar-refractivity contribution in [1.29, 1.82) is 0 Å². The predicted octanol–water partition coefficient (Wildman–Crippen LogP) is 2.34. The molecule has 110 valence electrons. The van der Waals surface area contributed by atoms with Crippen molar-refractivity contribution < 1.29 is 9.59 Å². The fourth-order valence-corrected chi connectivity index (χ4v) is 2.90. The van der Waals surface area contributed by atoms with Gasteiger partial charge in [0.1, 0.15) is 6.04 Å². The van der Waals surface area contributed by atoms with E-state index in [-0.39, 0.29) is 11.8 Å². The van der Waals surface area contributed by atoms with Crippen molar-refractivity contribution in [3.63, 3.8) is 0 Å². The first-order valence-corrected chi connectivity index (χ1v) is 7.90. The van der Waals surface area contributed by atoms with E-state index in [0.717, 1.165) is 9.35 Å². The molecule has 2 heterocycles. The zero-order valence-corrected chi connectivity index (χ0v) is 13.7. The van der Waals surface area contributed by atoms with E-state index in [9.17, 15) is 9.59 Å². The van der Waals surface area contributed by atoms with Crippen LogP contribution in [0.15, 0.2) is 40.4 Å². The van der Waals surface area contributed by atoms with E-state index < -0.39 is 6.04 Å². The van der Waals surface area contributed by atoms with E-state index >= 15 is 0 Å². The predicted molar refractivity (Wildman–Crippen MR) is 85.0 cm³/mol. The molecule has 2 aromatic rings. The lowest BCUT2D eigenvalue weighted by Crippen LogP contribution is -2.44. The Kier molecular flexibility index (Phi) is 5.46. The lowest BCUT2D eigenvalue weighted by atomic mass is 10.2. The molecular formula is C14H14BrN3O2S. The highest BCUT2D eigenvalue weighted by molar-refractivity contribution is 9.11. The van der Waals surface area contributed by atoms with Crippen LogP contribution in [-0.2, 0) is 11.3 Å². The first-order valence-electron chi connectivity index (χ1n) is 6.29. The van der Waals surface area contributed by atoms with Crippen LogP contribution in [0.4, 0.5) is 0 Å². The minimum atomic E-state index is -0.597. The fraction of sp³-hybridized carbons (Fsp3) is 0.214. The Morgan fingerprint density at radius 3 is 2.62 bits per heavy atom. The highest BCUT2D eigenvalue weighted by Gasteiger charge is 2.17. The van der Waals surface area contributed by atoms with Crippen molar-refractivity contribution in [3.8, 4) is 0 Å². The van der Waals surface area contributed by atoms with Gasteiger partial charge in [-0.2, -0.15) is 0 Å². The minimum absolute atomic E-state index is 0.226. The Hall–Kier alpha value is -1.73. The molecule has 21 heavy (non-hydrogen) atoms. The van der Waals surface area contributed by atoms with E-state index in [1.54, 1.807) is 31.5 Å². The number of hydrogen-bond acceptors (Lipinski definition) is 4. The van der Waals surface area contributed by atoms with Gasteiger partial charge < -0.3 is 10.6 Å². The number of hydrogen-bond donors (Lipinski definition) is 2. The van der Waals surface area contributed by atoms with Crippen molar-refractivity contribution >= 4 is 39.1 Å². The van der Waals surface area contributed by atoms with Crippen LogP contribution in [0.2, 0.25) is 0 Å². The maximum Gasteiger partial charge on any atom is 0.262 e. The van der Waals surface area contributed by atoms with Crippen molar-refractivity contribution in [2.75, 3.05) is 0 Å². The zero-order valence-electron chi connectivity index (χ0n) is 11.3. The van der Waals surface area contributed by atoms with E-state index in [1.807, 2.05) is 12.1 Å². The first-order chi connectivity index (χ1) is 10.1. The second kappa shape index (κ2) is 7.33. The summed E-state index contributed by atoms with van der Waals surface area (Å²) in [5.41, 5.74) is 0.957. The van der Waals surface area contributed by atoms with Crippen molar-refractivity contribution in [2.24, 2.45) is 0 Å². The third-order valence-electron chi connectivity index (χ3n) is 2.75. The number of thiophene rings is 1. The fourth-order valence-electron chi connectivity index (χ4n) is 1.61. The average molecular weight is 368 g/mol. The number of rotatable bonds is 5. The summed E-state index contributed by atoms with van der Waals surface area (Å²) < 4.78 is 0.877. The number of pyridine rings is 1. The summed E-state index contributed by atoms with van der Waals surface area (Å²) in [6, 6.07) is 6.57. The van der Waals surface area contributed by atoms with Crippen LogP contribution in [0, 0.1) is 0 Å². The molecule has 0 aliphatic carbocycles. The van der Waals surface area contributed by atoms with Gasteiger partial charge in [0.05, 0.1) is 8.66 Å². The molecule has 5 nitrogen and oxygen atoms in total. The Labute approximate surface area is 134 Å². The normalized spacial score (nSPS) is 11.7. The summed E-state index contributed by atoms with van der Waals surface area (Å²) >= 11 is 4.63. The minimum Gasteiger partial charge on any atom is -0.350 e. The van der Waals surface area contributed by atoms with Gasteiger partial charge >= 0.3 is 0 Å². The maximum absolute atomic E-state index is 11.9. The largest absolute Gasteiger partial charge is 0.350 e. The molecule has 0 aromatic carbocycles. The summed E-state index contributed by atoms with van der Waals surface area (Å²) in [7, 11) is 0. The Morgan fingerprint density at radius 1 is 1.29 bits per heavy atom. The van der Waals surface area contributed by atoms with Crippen LogP contribution in [-0.4, -0.2) is 22.8 Å². The van der Waals surface area contributed by atoms with Crippen molar-refractivity contribution in [1.82, 2.24) is 15.6 Å². The van der Waals surface area contributed by atoms with Gasteiger partial charge in [-0.25, -0.2) is 0 Å². The molecule has 0 radical (unpaired) electrons. The van der Waals surface area contributed by atoms with Gasteiger partial charge in [0.15, 0.2) is 0 Å². The lowest BCUT2D eigenvalue weighted by molar-refractivity contribution is -0.122. The number of halogens is 1. The monoisotopic (exact) mass is 367 g/mol. The molecule has 2 aromatic heterocycles. The number of carbonyl (C=O) groups excluding carboxylic acids is 2. The van der Waals surface area contributed by atoms with Crippen LogP contribution >= 0.6 is 27.3 Å². The van der Waals surface area contributed by atoms with E-state index in [1.165, 1.54) is 11.3 Å². The Balaban J connectivity index is 1.83. The smallest absolute Gasteiger partial charge is 0.262 e. The third-order valence-corrected chi connectivity index (χ3v) is 4.38. The highest BCUT2D eigenvalue weighted by Crippen LogP contribution is 2.21. The molecule has 7 heteroatoms. The molecule has 2 N–H and O–H groups in total. The van der Waals surface area contributed by atoms with E-state index in [0.29, 0.717) is 11.4 Å². The van der Waals surface area contributed by atoms with Gasteiger partial charge in [-0.3, -0.25) is 14.6 Å². The number of amides is 2. The van der Waals surface area contributed by atoms with Gasteiger partial charge in [-0.15, -0.1) is 11.3 Å². The molecule has 1 atom stereocenters. The summed E-state index contributed by atoms with van der Waals surface area (Å²) in [6.07, 6.45) is 3.34. The molecule has 0 unspecified atom stereocenters. The second-order valence-electron chi connectivity index (χ2n) is 4.37. The highest BCUT2D eigenvalue weighted by atomic mass is 79.9. The molecule has 0 aliphatic heterocycles. The maximum atomic E-state index is 11.9. The van der Waals surface area contributed by atoms with E-state index in [4.69, 9.17) is 0 Å². The number of aromatic nitrogens is 1. The lowest BCUT2D eigenvalue weighted by Gasteiger charge is -2.13. The third kappa shape index (κ3) is 4.64. The molecule has 0 fully saturated rings. The van der Waals surface area contributed by atoms with Crippen LogP contribution < -0.4 is 10.6 Å². The zero-order chi connectivity index (χ0) is 15.2. The number of nitrogens with one attached hydrogen (secondary N) is 2. The van der Waals surface area contributed by atoms with Gasteiger partial charge in [0.25, 0.3) is 5.91 Å². The molecule has 0 bridgehead atoms. The molecule has 2 amide bonds.